The summed E-state index contributed by atoms with van der Waals surface area (Å²) in [5.41, 5.74) is 0. The van der Waals surface area contributed by atoms with Crippen molar-refractivity contribution in [2.75, 3.05) is 26.7 Å². The van der Waals surface area contributed by atoms with Gasteiger partial charge in [0.2, 0.25) is 0 Å². The van der Waals surface area contributed by atoms with Gasteiger partial charge in [-0.3, -0.25) is 9.69 Å². The number of hydrogen-bond donors (Lipinski definition) is 2. The van der Waals surface area contributed by atoms with Gasteiger partial charge in [0.15, 0.2) is 0 Å². The monoisotopic (exact) mass is 271 g/mol. The molecule has 0 aromatic rings. The molecule has 1 saturated heterocycles. The van der Waals surface area contributed by atoms with Gasteiger partial charge in [0.05, 0.1) is 6.42 Å². The summed E-state index contributed by atoms with van der Waals surface area (Å²) in [7, 11) is 2.07. The number of rotatable bonds is 5. The molecule has 6 heteroatoms. The molecule has 0 saturated carbocycles. The Kier molecular flexibility index (Phi) is 6.08. The highest BCUT2D eigenvalue weighted by molar-refractivity contribution is 5.76. The summed E-state index contributed by atoms with van der Waals surface area (Å²) in [5, 5.41) is 11.6. The molecule has 19 heavy (non-hydrogen) atoms. The van der Waals surface area contributed by atoms with E-state index in [1.54, 1.807) is 4.90 Å². The van der Waals surface area contributed by atoms with E-state index in [1.807, 2.05) is 6.92 Å². The van der Waals surface area contributed by atoms with Gasteiger partial charge in [0.1, 0.15) is 0 Å². The van der Waals surface area contributed by atoms with Gasteiger partial charge in [0, 0.05) is 31.7 Å². The Hall–Kier alpha value is -1.30. The zero-order valence-electron chi connectivity index (χ0n) is 12.1. The van der Waals surface area contributed by atoms with E-state index in [1.165, 1.54) is 0 Å². The van der Waals surface area contributed by atoms with Crippen LogP contribution in [0.2, 0.25) is 0 Å². The summed E-state index contributed by atoms with van der Waals surface area (Å²) < 4.78 is 0. The maximum Gasteiger partial charge on any atom is 0.317 e. The Morgan fingerprint density at radius 2 is 2.05 bits per heavy atom. The minimum atomic E-state index is -0.878. The maximum atomic E-state index is 12.1. The highest BCUT2D eigenvalue weighted by Gasteiger charge is 2.27. The van der Waals surface area contributed by atoms with E-state index in [-0.39, 0.29) is 18.5 Å². The molecule has 1 aliphatic heterocycles. The highest BCUT2D eigenvalue weighted by atomic mass is 16.4. The van der Waals surface area contributed by atoms with Crippen molar-refractivity contribution in [2.45, 2.75) is 45.2 Å². The molecular weight excluding hydrogens is 246 g/mol. The van der Waals surface area contributed by atoms with E-state index >= 15 is 0 Å². The Labute approximate surface area is 114 Å². The Morgan fingerprint density at radius 1 is 1.37 bits per heavy atom. The van der Waals surface area contributed by atoms with E-state index < -0.39 is 5.97 Å². The van der Waals surface area contributed by atoms with Crippen LogP contribution in [0.25, 0.3) is 0 Å². The van der Waals surface area contributed by atoms with Gasteiger partial charge in [-0.05, 0) is 19.9 Å². The number of carbonyl (C=O) groups is 2. The van der Waals surface area contributed by atoms with E-state index in [2.05, 4.69) is 24.2 Å². The van der Waals surface area contributed by atoms with Crippen molar-refractivity contribution < 1.29 is 14.7 Å². The average Bonchev–Trinajstić information content (AvgIpc) is 2.37. The third kappa shape index (κ3) is 4.70. The number of likely N-dealkylation sites (N-methyl/N-ethyl adjacent to an activating group) is 1. The number of piperazine rings is 1. The summed E-state index contributed by atoms with van der Waals surface area (Å²) >= 11 is 0. The molecule has 1 heterocycles. The second kappa shape index (κ2) is 7.33. The van der Waals surface area contributed by atoms with E-state index in [4.69, 9.17) is 5.11 Å². The SMILES string of the molecule is CCC(CC(=O)O)NC(=O)N1CCN(C)C(CC)C1. The summed E-state index contributed by atoms with van der Waals surface area (Å²) in [6, 6.07) is -0.0385. The fourth-order valence-corrected chi connectivity index (χ4v) is 2.35. The molecule has 110 valence electrons. The fraction of sp³-hybridized carbons (Fsp3) is 0.846. The van der Waals surface area contributed by atoms with Gasteiger partial charge >= 0.3 is 12.0 Å². The molecule has 1 aliphatic rings. The smallest absolute Gasteiger partial charge is 0.317 e. The van der Waals surface area contributed by atoms with Crippen LogP contribution in [0.15, 0.2) is 0 Å². The van der Waals surface area contributed by atoms with Crippen LogP contribution >= 0.6 is 0 Å². The van der Waals surface area contributed by atoms with Gasteiger partial charge in [0.25, 0.3) is 0 Å². The zero-order chi connectivity index (χ0) is 14.4. The third-order valence-corrected chi connectivity index (χ3v) is 3.78. The van der Waals surface area contributed by atoms with Gasteiger partial charge in [-0.1, -0.05) is 13.8 Å². The van der Waals surface area contributed by atoms with Crippen LogP contribution in [0.5, 0.6) is 0 Å². The Balaban J connectivity index is 2.50. The predicted octanol–water partition coefficient (Wildman–Crippen LogP) is 0.975. The second-order valence-electron chi connectivity index (χ2n) is 5.14. The van der Waals surface area contributed by atoms with Crippen LogP contribution in [-0.4, -0.2) is 65.7 Å². The highest BCUT2D eigenvalue weighted by Crippen LogP contribution is 2.11. The molecule has 2 unspecified atom stereocenters. The minimum Gasteiger partial charge on any atom is -0.481 e. The van der Waals surface area contributed by atoms with Gasteiger partial charge in [-0.15, -0.1) is 0 Å². The van der Waals surface area contributed by atoms with Crippen molar-refractivity contribution in [3.63, 3.8) is 0 Å². The topological polar surface area (TPSA) is 72.9 Å². The number of hydrogen-bond acceptors (Lipinski definition) is 3. The maximum absolute atomic E-state index is 12.1. The molecule has 0 radical (unpaired) electrons. The molecule has 1 rings (SSSR count). The predicted molar refractivity (Wildman–Crippen MR) is 73.1 cm³/mol. The Morgan fingerprint density at radius 3 is 2.58 bits per heavy atom. The minimum absolute atomic E-state index is 0.0206. The first-order valence-electron chi connectivity index (χ1n) is 6.95. The molecule has 0 aromatic heterocycles. The van der Waals surface area contributed by atoms with Crippen LogP contribution in [0.1, 0.15) is 33.1 Å². The number of urea groups is 1. The van der Waals surface area contributed by atoms with Crippen molar-refractivity contribution in [3.8, 4) is 0 Å². The number of aliphatic carboxylic acids is 1. The first kappa shape index (κ1) is 15.8. The van der Waals surface area contributed by atoms with Gasteiger partial charge in [-0.25, -0.2) is 4.79 Å². The molecule has 0 bridgehead atoms. The lowest BCUT2D eigenvalue weighted by molar-refractivity contribution is -0.137. The second-order valence-corrected chi connectivity index (χ2v) is 5.14. The summed E-state index contributed by atoms with van der Waals surface area (Å²) in [6.45, 7) is 6.26. The summed E-state index contributed by atoms with van der Waals surface area (Å²) in [5.74, 6) is -0.878. The van der Waals surface area contributed by atoms with Crippen LogP contribution < -0.4 is 5.32 Å². The first-order valence-corrected chi connectivity index (χ1v) is 6.95. The lowest BCUT2D eigenvalue weighted by atomic mass is 10.1. The van der Waals surface area contributed by atoms with Crippen molar-refractivity contribution >= 4 is 12.0 Å². The van der Waals surface area contributed by atoms with Crippen LogP contribution in [0, 0.1) is 0 Å². The van der Waals surface area contributed by atoms with Crippen molar-refractivity contribution in [1.29, 1.82) is 0 Å². The fourth-order valence-electron chi connectivity index (χ4n) is 2.35. The third-order valence-electron chi connectivity index (χ3n) is 3.78. The van der Waals surface area contributed by atoms with Crippen LogP contribution in [0.4, 0.5) is 4.79 Å². The van der Waals surface area contributed by atoms with Gasteiger partial charge in [-0.2, -0.15) is 0 Å². The van der Waals surface area contributed by atoms with Crippen molar-refractivity contribution in [1.82, 2.24) is 15.1 Å². The molecule has 0 spiro atoms. The van der Waals surface area contributed by atoms with Crippen molar-refractivity contribution in [2.24, 2.45) is 0 Å². The normalized spacial score (nSPS) is 22.1. The number of nitrogens with one attached hydrogen (secondary N) is 1. The number of carboxylic acids is 1. The molecule has 0 aliphatic carbocycles. The lowest BCUT2D eigenvalue weighted by Crippen LogP contribution is -2.56. The number of carboxylic acid groups (broad SMARTS) is 1. The number of amides is 2. The molecule has 2 amide bonds. The first-order chi connectivity index (χ1) is 8.97. The number of carbonyl (C=O) groups excluding carboxylic acids is 1. The van der Waals surface area contributed by atoms with E-state index in [9.17, 15) is 9.59 Å². The van der Waals surface area contributed by atoms with E-state index in [0.29, 0.717) is 25.6 Å². The van der Waals surface area contributed by atoms with Gasteiger partial charge < -0.3 is 15.3 Å². The summed E-state index contributed by atoms with van der Waals surface area (Å²) in [4.78, 5) is 26.9. The zero-order valence-corrected chi connectivity index (χ0v) is 12.1. The van der Waals surface area contributed by atoms with E-state index in [0.717, 1.165) is 13.0 Å². The molecule has 6 nitrogen and oxygen atoms in total. The summed E-state index contributed by atoms with van der Waals surface area (Å²) in [6.07, 6.45) is 1.61. The Bertz CT molecular complexity index is 322. The molecule has 2 N–H and O–H groups in total. The largest absolute Gasteiger partial charge is 0.481 e. The molecule has 2 atom stereocenters. The van der Waals surface area contributed by atoms with Crippen LogP contribution in [-0.2, 0) is 4.79 Å². The quantitative estimate of drug-likeness (QED) is 0.781. The lowest BCUT2D eigenvalue weighted by Gasteiger charge is -2.39. The molecule has 1 fully saturated rings. The molecule has 0 aromatic carbocycles. The van der Waals surface area contributed by atoms with Crippen molar-refractivity contribution in [3.05, 3.63) is 0 Å². The standard InChI is InChI=1S/C13H25N3O3/c1-4-10(8-12(17)18)14-13(19)16-7-6-15(3)11(5-2)9-16/h10-11H,4-9H2,1-3H3,(H,14,19)(H,17,18). The number of nitrogens with zero attached hydrogens (tertiary/aromatic N) is 2. The van der Waals surface area contributed by atoms with Crippen LogP contribution in [0.3, 0.4) is 0 Å². The average molecular weight is 271 g/mol. The molecular formula is C13H25N3O3.